The van der Waals surface area contributed by atoms with E-state index in [4.69, 9.17) is 0 Å². The Balaban J connectivity index is 2.05. The van der Waals surface area contributed by atoms with Crippen LogP contribution in [-0.2, 0) is 6.54 Å². The molecule has 2 heterocycles. The molecule has 1 fully saturated rings. The van der Waals surface area contributed by atoms with Gasteiger partial charge < -0.3 is 5.32 Å². The van der Waals surface area contributed by atoms with Crippen LogP contribution in [0.15, 0.2) is 24.4 Å². The quantitative estimate of drug-likeness (QED) is 0.895. The molecule has 1 aliphatic heterocycles. The highest BCUT2D eigenvalue weighted by molar-refractivity contribution is 5.04. The molecule has 0 amide bonds. The van der Waals surface area contributed by atoms with Crippen molar-refractivity contribution >= 4 is 0 Å². The molecule has 0 aliphatic carbocycles. The normalized spacial score (nSPS) is 24.5. The van der Waals surface area contributed by atoms with Crippen LogP contribution in [0.4, 0.5) is 0 Å². The summed E-state index contributed by atoms with van der Waals surface area (Å²) in [5, 5.41) is 3.73. The molecule has 1 saturated heterocycles. The van der Waals surface area contributed by atoms with E-state index in [9.17, 15) is 0 Å². The van der Waals surface area contributed by atoms with Crippen molar-refractivity contribution in [1.82, 2.24) is 15.2 Å². The average molecular weight is 275 g/mol. The van der Waals surface area contributed by atoms with Crippen molar-refractivity contribution in [2.45, 2.75) is 52.7 Å². The lowest BCUT2D eigenvalue weighted by atomic mass is 9.95. The van der Waals surface area contributed by atoms with Gasteiger partial charge in [-0.05, 0) is 30.4 Å². The molecule has 3 heteroatoms. The first-order valence-electron chi connectivity index (χ1n) is 7.93. The molecule has 0 aromatic carbocycles. The Bertz CT molecular complexity index is 388. The Labute approximate surface area is 123 Å². The molecule has 1 aliphatic rings. The number of hydrogen-bond donors (Lipinski definition) is 1. The number of rotatable bonds is 5. The van der Waals surface area contributed by atoms with Crippen LogP contribution in [0.3, 0.4) is 0 Å². The Kier molecular flexibility index (Phi) is 5.55. The molecular formula is C17H29N3. The molecule has 1 aromatic rings. The predicted octanol–water partition coefficient (Wildman–Crippen LogP) is 2.93. The number of nitrogens with one attached hydrogen (secondary N) is 1. The van der Waals surface area contributed by atoms with Gasteiger partial charge in [0, 0.05) is 37.9 Å². The molecule has 2 atom stereocenters. The van der Waals surface area contributed by atoms with Crippen molar-refractivity contribution in [3.8, 4) is 0 Å². The molecule has 3 nitrogen and oxygen atoms in total. The lowest BCUT2D eigenvalue weighted by Gasteiger charge is -2.42. The first kappa shape index (κ1) is 15.5. The number of nitrogens with zero attached hydrogens (tertiary/aromatic N) is 2. The maximum absolute atomic E-state index is 4.49. The minimum absolute atomic E-state index is 0.599. The van der Waals surface area contributed by atoms with Gasteiger partial charge in [-0.1, -0.05) is 33.8 Å². The van der Waals surface area contributed by atoms with Crippen LogP contribution in [0.2, 0.25) is 0 Å². The third-order valence-electron chi connectivity index (χ3n) is 4.20. The van der Waals surface area contributed by atoms with Crippen molar-refractivity contribution in [2.75, 3.05) is 13.1 Å². The second kappa shape index (κ2) is 7.19. The summed E-state index contributed by atoms with van der Waals surface area (Å²) in [7, 11) is 0. The van der Waals surface area contributed by atoms with E-state index in [1.165, 1.54) is 12.1 Å². The van der Waals surface area contributed by atoms with E-state index in [2.05, 4.69) is 55.0 Å². The first-order chi connectivity index (χ1) is 9.56. The molecular weight excluding hydrogens is 246 g/mol. The van der Waals surface area contributed by atoms with Gasteiger partial charge in [0.2, 0.25) is 0 Å². The lowest BCUT2D eigenvalue weighted by molar-refractivity contribution is 0.0912. The summed E-state index contributed by atoms with van der Waals surface area (Å²) < 4.78 is 0. The van der Waals surface area contributed by atoms with Crippen molar-refractivity contribution < 1.29 is 0 Å². The molecule has 1 N–H and O–H groups in total. The molecule has 112 valence electrons. The summed E-state index contributed by atoms with van der Waals surface area (Å²) in [6.07, 6.45) is 3.15. The minimum atomic E-state index is 0.599. The van der Waals surface area contributed by atoms with Gasteiger partial charge in [-0.3, -0.25) is 9.88 Å². The Morgan fingerprint density at radius 3 is 2.70 bits per heavy atom. The monoisotopic (exact) mass is 275 g/mol. The van der Waals surface area contributed by atoms with Crippen LogP contribution in [0, 0.1) is 11.8 Å². The summed E-state index contributed by atoms with van der Waals surface area (Å²) in [5.41, 5.74) is 1.19. The second-order valence-corrected chi connectivity index (χ2v) is 6.79. The van der Waals surface area contributed by atoms with E-state index >= 15 is 0 Å². The highest BCUT2D eigenvalue weighted by Gasteiger charge is 2.29. The lowest BCUT2D eigenvalue weighted by Crippen LogP contribution is -2.58. The van der Waals surface area contributed by atoms with Crippen LogP contribution in [0.1, 0.15) is 39.8 Å². The topological polar surface area (TPSA) is 28.2 Å². The smallest absolute Gasteiger partial charge is 0.0544 e. The first-order valence-corrected chi connectivity index (χ1v) is 7.93. The summed E-state index contributed by atoms with van der Waals surface area (Å²) in [6, 6.07) is 7.44. The fraction of sp³-hybridized carbons (Fsp3) is 0.706. The van der Waals surface area contributed by atoms with Crippen molar-refractivity contribution in [2.24, 2.45) is 11.8 Å². The van der Waals surface area contributed by atoms with Crippen LogP contribution in [-0.4, -0.2) is 35.1 Å². The number of aromatic nitrogens is 1. The highest BCUT2D eigenvalue weighted by atomic mass is 15.2. The van der Waals surface area contributed by atoms with Crippen molar-refractivity contribution in [3.05, 3.63) is 30.1 Å². The molecule has 2 unspecified atom stereocenters. The van der Waals surface area contributed by atoms with E-state index in [0.29, 0.717) is 18.0 Å². The fourth-order valence-corrected chi connectivity index (χ4v) is 3.00. The zero-order valence-electron chi connectivity index (χ0n) is 13.3. The van der Waals surface area contributed by atoms with E-state index in [0.717, 1.165) is 25.6 Å². The van der Waals surface area contributed by atoms with Crippen LogP contribution in [0.25, 0.3) is 0 Å². The number of pyridine rings is 1. The summed E-state index contributed by atoms with van der Waals surface area (Å²) in [5.74, 6) is 1.42. The Morgan fingerprint density at radius 1 is 1.30 bits per heavy atom. The zero-order valence-corrected chi connectivity index (χ0v) is 13.3. The van der Waals surface area contributed by atoms with Crippen LogP contribution < -0.4 is 5.32 Å². The van der Waals surface area contributed by atoms with Gasteiger partial charge in [0.1, 0.15) is 0 Å². The molecule has 0 spiro atoms. The maximum atomic E-state index is 4.49. The fourth-order valence-electron chi connectivity index (χ4n) is 3.00. The van der Waals surface area contributed by atoms with Gasteiger partial charge in [0.25, 0.3) is 0 Å². The number of hydrogen-bond acceptors (Lipinski definition) is 3. The van der Waals surface area contributed by atoms with Gasteiger partial charge in [0.15, 0.2) is 0 Å². The van der Waals surface area contributed by atoms with E-state index < -0.39 is 0 Å². The Morgan fingerprint density at radius 2 is 2.10 bits per heavy atom. The largest absolute Gasteiger partial charge is 0.311 e. The standard InChI is InChI=1S/C17H29N3/c1-13(2)9-16-10-19-17(14(3)4)12-20(16)11-15-7-5-6-8-18-15/h5-8,13-14,16-17,19H,9-12H2,1-4H3. The van der Waals surface area contributed by atoms with E-state index in [1.807, 2.05) is 12.3 Å². The molecule has 0 radical (unpaired) electrons. The number of piperazine rings is 1. The molecule has 1 aromatic heterocycles. The van der Waals surface area contributed by atoms with Crippen molar-refractivity contribution in [3.63, 3.8) is 0 Å². The van der Waals surface area contributed by atoms with Crippen LogP contribution in [0.5, 0.6) is 0 Å². The SMILES string of the molecule is CC(C)CC1CNC(C(C)C)CN1Cc1ccccn1. The molecule has 20 heavy (non-hydrogen) atoms. The van der Waals surface area contributed by atoms with Gasteiger partial charge in [0.05, 0.1) is 5.69 Å². The molecule has 0 saturated carbocycles. The average Bonchev–Trinajstić information content (AvgIpc) is 2.41. The highest BCUT2D eigenvalue weighted by Crippen LogP contribution is 2.20. The maximum Gasteiger partial charge on any atom is 0.0544 e. The predicted molar refractivity (Wildman–Crippen MR) is 84.5 cm³/mol. The van der Waals surface area contributed by atoms with Gasteiger partial charge in [-0.2, -0.15) is 0 Å². The molecule has 2 rings (SSSR count). The summed E-state index contributed by atoms with van der Waals surface area (Å²) in [4.78, 5) is 7.12. The zero-order chi connectivity index (χ0) is 14.5. The van der Waals surface area contributed by atoms with E-state index in [-0.39, 0.29) is 0 Å². The molecule has 0 bridgehead atoms. The van der Waals surface area contributed by atoms with E-state index in [1.54, 1.807) is 0 Å². The third-order valence-corrected chi connectivity index (χ3v) is 4.20. The second-order valence-electron chi connectivity index (χ2n) is 6.79. The van der Waals surface area contributed by atoms with Crippen molar-refractivity contribution in [1.29, 1.82) is 0 Å². The third kappa shape index (κ3) is 4.29. The summed E-state index contributed by atoms with van der Waals surface area (Å²) in [6.45, 7) is 12.4. The van der Waals surface area contributed by atoms with Gasteiger partial charge >= 0.3 is 0 Å². The van der Waals surface area contributed by atoms with Gasteiger partial charge in [-0.15, -0.1) is 0 Å². The Hall–Kier alpha value is -0.930. The van der Waals surface area contributed by atoms with Gasteiger partial charge in [-0.25, -0.2) is 0 Å². The summed E-state index contributed by atoms with van der Waals surface area (Å²) >= 11 is 0. The minimum Gasteiger partial charge on any atom is -0.311 e. The van der Waals surface area contributed by atoms with Crippen LogP contribution >= 0.6 is 0 Å².